The number of benzene rings is 1. The molecule has 0 fully saturated rings. The van der Waals surface area contributed by atoms with E-state index >= 15 is 0 Å². The molecule has 0 amide bonds. The van der Waals surface area contributed by atoms with E-state index in [1.54, 1.807) is 13.0 Å². The Morgan fingerprint density at radius 3 is 2.36 bits per heavy atom. The van der Waals surface area contributed by atoms with Gasteiger partial charge >= 0.3 is 6.18 Å². The molecule has 1 nitrogen and oxygen atoms in total. The standard InChI is InChI=1S/C9H9ClF3N/c1-6(14-10)7-4-2-3-5-8(7)9(11,12)13/h2-6,14H,1H3/t6-/m1/s1. The van der Waals surface area contributed by atoms with Crippen molar-refractivity contribution in [3.05, 3.63) is 35.4 Å². The van der Waals surface area contributed by atoms with E-state index in [0.717, 1.165) is 6.07 Å². The molecule has 0 aromatic heterocycles. The molecule has 0 saturated heterocycles. The summed E-state index contributed by atoms with van der Waals surface area (Å²) in [4.78, 5) is 2.27. The fourth-order valence-electron chi connectivity index (χ4n) is 1.19. The first kappa shape index (κ1) is 11.3. The zero-order chi connectivity index (χ0) is 10.8. The van der Waals surface area contributed by atoms with Crippen LogP contribution in [-0.4, -0.2) is 0 Å². The molecule has 0 saturated carbocycles. The highest BCUT2D eigenvalue weighted by Crippen LogP contribution is 2.34. The fourth-order valence-corrected chi connectivity index (χ4v) is 1.31. The summed E-state index contributed by atoms with van der Waals surface area (Å²) in [6.45, 7) is 1.57. The molecule has 1 rings (SSSR count). The number of halogens is 4. The van der Waals surface area contributed by atoms with Gasteiger partial charge in [0.25, 0.3) is 0 Å². The van der Waals surface area contributed by atoms with Crippen LogP contribution in [0.2, 0.25) is 0 Å². The lowest BCUT2D eigenvalue weighted by molar-refractivity contribution is -0.138. The van der Waals surface area contributed by atoms with Gasteiger partial charge in [0.05, 0.1) is 5.56 Å². The minimum Gasteiger partial charge on any atom is -0.226 e. The first-order valence-corrected chi connectivity index (χ1v) is 4.37. The highest BCUT2D eigenvalue weighted by molar-refractivity contribution is 6.13. The smallest absolute Gasteiger partial charge is 0.226 e. The van der Waals surface area contributed by atoms with Crippen LogP contribution in [0.5, 0.6) is 0 Å². The molecule has 1 atom stereocenters. The maximum atomic E-state index is 12.5. The maximum Gasteiger partial charge on any atom is 0.416 e. The zero-order valence-corrected chi connectivity index (χ0v) is 8.15. The first-order chi connectivity index (χ1) is 6.46. The van der Waals surface area contributed by atoms with Crippen LogP contribution >= 0.6 is 11.8 Å². The van der Waals surface area contributed by atoms with E-state index in [0.29, 0.717) is 0 Å². The summed E-state index contributed by atoms with van der Waals surface area (Å²) in [5.41, 5.74) is -0.504. The van der Waals surface area contributed by atoms with Gasteiger partial charge in [0.15, 0.2) is 0 Å². The van der Waals surface area contributed by atoms with Crippen molar-refractivity contribution in [2.24, 2.45) is 0 Å². The SMILES string of the molecule is C[C@@H](NCl)c1ccccc1C(F)(F)F. The van der Waals surface area contributed by atoms with Crippen molar-refractivity contribution in [2.75, 3.05) is 0 Å². The highest BCUT2D eigenvalue weighted by Gasteiger charge is 2.33. The second-order valence-electron chi connectivity index (χ2n) is 2.92. The predicted octanol–water partition coefficient (Wildman–Crippen LogP) is 3.51. The second kappa shape index (κ2) is 4.19. The molecular formula is C9H9ClF3N. The molecule has 0 bridgehead atoms. The molecule has 0 aliphatic carbocycles. The van der Waals surface area contributed by atoms with Crippen molar-refractivity contribution < 1.29 is 13.2 Å². The Morgan fingerprint density at radius 2 is 1.86 bits per heavy atom. The summed E-state index contributed by atoms with van der Waals surface area (Å²) >= 11 is 5.29. The maximum absolute atomic E-state index is 12.5. The van der Waals surface area contributed by atoms with Crippen molar-refractivity contribution in [3.63, 3.8) is 0 Å². The van der Waals surface area contributed by atoms with Gasteiger partial charge in [-0.15, -0.1) is 0 Å². The van der Waals surface area contributed by atoms with E-state index in [9.17, 15) is 13.2 Å². The molecule has 14 heavy (non-hydrogen) atoms. The van der Waals surface area contributed by atoms with Crippen LogP contribution in [0.4, 0.5) is 13.2 Å². The first-order valence-electron chi connectivity index (χ1n) is 3.99. The third-order valence-electron chi connectivity index (χ3n) is 1.90. The fraction of sp³-hybridized carbons (Fsp3) is 0.333. The Hall–Kier alpha value is -0.740. The van der Waals surface area contributed by atoms with Crippen LogP contribution in [0.15, 0.2) is 24.3 Å². The van der Waals surface area contributed by atoms with Gasteiger partial charge < -0.3 is 0 Å². The molecule has 5 heteroatoms. The summed E-state index contributed by atoms with van der Waals surface area (Å²) in [6.07, 6.45) is -4.33. The minimum absolute atomic E-state index is 0.148. The van der Waals surface area contributed by atoms with E-state index in [2.05, 4.69) is 4.84 Å². The van der Waals surface area contributed by atoms with Crippen molar-refractivity contribution in [1.29, 1.82) is 0 Å². The van der Waals surface area contributed by atoms with Gasteiger partial charge in [-0.25, -0.2) is 4.84 Å². The minimum atomic E-state index is -4.33. The molecule has 1 N–H and O–H groups in total. The van der Waals surface area contributed by atoms with Crippen LogP contribution in [0.3, 0.4) is 0 Å². The molecule has 0 unspecified atom stereocenters. The summed E-state index contributed by atoms with van der Waals surface area (Å²) in [5.74, 6) is 0. The molecule has 78 valence electrons. The topological polar surface area (TPSA) is 12.0 Å². The van der Waals surface area contributed by atoms with Crippen LogP contribution < -0.4 is 4.84 Å². The summed E-state index contributed by atoms with van der Waals surface area (Å²) in [5, 5.41) is 0. The summed E-state index contributed by atoms with van der Waals surface area (Å²) in [7, 11) is 0. The van der Waals surface area contributed by atoms with E-state index in [1.807, 2.05) is 0 Å². The molecule has 0 heterocycles. The van der Waals surface area contributed by atoms with Gasteiger partial charge in [0.2, 0.25) is 0 Å². The Bertz CT molecular complexity index is 311. The van der Waals surface area contributed by atoms with Crippen LogP contribution in [0, 0.1) is 0 Å². The largest absolute Gasteiger partial charge is 0.416 e. The molecule has 1 aromatic rings. The third kappa shape index (κ3) is 2.39. The Morgan fingerprint density at radius 1 is 1.29 bits per heavy atom. The monoisotopic (exact) mass is 223 g/mol. The molecular weight excluding hydrogens is 215 g/mol. The van der Waals surface area contributed by atoms with Gasteiger partial charge in [-0.1, -0.05) is 18.2 Å². The third-order valence-corrected chi connectivity index (χ3v) is 2.22. The quantitative estimate of drug-likeness (QED) is 0.757. The van der Waals surface area contributed by atoms with Gasteiger partial charge in [-0.3, -0.25) is 0 Å². The summed E-state index contributed by atoms with van der Waals surface area (Å²) in [6, 6.07) is 4.82. The highest BCUT2D eigenvalue weighted by atomic mass is 35.5. The van der Waals surface area contributed by atoms with Gasteiger partial charge in [0.1, 0.15) is 0 Å². The van der Waals surface area contributed by atoms with Gasteiger partial charge in [0, 0.05) is 6.04 Å². The van der Waals surface area contributed by atoms with Crippen LogP contribution in [-0.2, 0) is 6.18 Å². The number of hydrogen-bond donors (Lipinski definition) is 1. The van der Waals surface area contributed by atoms with Crippen LogP contribution in [0.1, 0.15) is 24.1 Å². The van der Waals surface area contributed by atoms with Crippen molar-refractivity contribution >= 4 is 11.8 Å². The lowest BCUT2D eigenvalue weighted by Crippen LogP contribution is -2.15. The molecule has 0 aliphatic heterocycles. The number of rotatable bonds is 2. The average molecular weight is 224 g/mol. The van der Waals surface area contributed by atoms with Crippen LogP contribution in [0.25, 0.3) is 0 Å². The van der Waals surface area contributed by atoms with E-state index in [-0.39, 0.29) is 5.56 Å². The van der Waals surface area contributed by atoms with Crippen molar-refractivity contribution in [3.8, 4) is 0 Å². The normalized spacial score (nSPS) is 14.1. The predicted molar refractivity (Wildman–Crippen MR) is 48.8 cm³/mol. The average Bonchev–Trinajstić information content (AvgIpc) is 2.15. The molecule has 1 aromatic carbocycles. The lowest BCUT2D eigenvalue weighted by Gasteiger charge is -2.16. The van der Waals surface area contributed by atoms with Crippen molar-refractivity contribution in [1.82, 2.24) is 4.84 Å². The van der Waals surface area contributed by atoms with Crippen molar-refractivity contribution in [2.45, 2.75) is 19.1 Å². The molecule has 0 spiro atoms. The van der Waals surface area contributed by atoms with E-state index < -0.39 is 17.8 Å². The Balaban J connectivity index is 3.16. The Labute approximate surface area is 85.0 Å². The lowest BCUT2D eigenvalue weighted by atomic mass is 10.0. The summed E-state index contributed by atoms with van der Waals surface area (Å²) < 4.78 is 37.4. The molecule has 0 aliphatic rings. The Kier molecular flexibility index (Phi) is 3.39. The number of alkyl halides is 3. The zero-order valence-electron chi connectivity index (χ0n) is 7.40. The van der Waals surface area contributed by atoms with E-state index in [4.69, 9.17) is 11.8 Å². The van der Waals surface area contributed by atoms with E-state index in [1.165, 1.54) is 12.1 Å². The number of nitrogens with one attached hydrogen (secondary N) is 1. The van der Waals surface area contributed by atoms with Gasteiger partial charge in [-0.05, 0) is 30.3 Å². The van der Waals surface area contributed by atoms with Gasteiger partial charge in [-0.2, -0.15) is 13.2 Å². The molecule has 0 radical (unpaired) electrons. The second-order valence-corrected chi connectivity index (χ2v) is 3.13. The number of hydrogen-bond acceptors (Lipinski definition) is 1.